The number of rotatable bonds is 10. The zero-order valence-electron chi connectivity index (χ0n) is 12.5. The molecule has 6 N–H and O–H groups in total. The second-order valence-corrected chi connectivity index (χ2v) is 5.58. The first-order chi connectivity index (χ1) is 9.74. The van der Waals surface area contributed by atoms with Crippen molar-refractivity contribution in [3.05, 3.63) is 0 Å². The van der Waals surface area contributed by atoms with E-state index in [1.54, 1.807) is 13.8 Å². The summed E-state index contributed by atoms with van der Waals surface area (Å²) in [5.41, 5.74) is -0.929. The smallest absolute Gasteiger partial charge is 0.249 e. The van der Waals surface area contributed by atoms with E-state index >= 15 is 0 Å². The Morgan fingerprint density at radius 3 is 2.29 bits per heavy atom. The van der Waals surface area contributed by atoms with E-state index in [1.807, 2.05) is 0 Å². The van der Waals surface area contributed by atoms with E-state index in [0.717, 1.165) is 0 Å². The Kier molecular flexibility index (Phi) is 9.11. The molecule has 0 rings (SSSR count). The average Bonchev–Trinajstić information content (AvgIpc) is 2.47. The molecule has 0 aliphatic rings. The van der Waals surface area contributed by atoms with E-state index in [2.05, 4.69) is 10.6 Å². The van der Waals surface area contributed by atoms with Gasteiger partial charge in [-0.25, -0.2) is 0 Å². The van der Waals surface area contributed by atoms with Crippen LogP contribution in [0.3, 0.4) is 0 Å². The lowest BCUT2D eigenvalue weighted by atomic mass is 9.87. The minimum absolute atomic E-state index is 0.0227. The second kappa shape index (κ2) is 9.67. The summed E-state index contributed by atoms with van der Waals surface area (Å²) in [7, 11) is 0. The molecule has 0 aromatic heterocycles. The predicted molar refractivity (Wildman–Crippen MR) is 75.2 cm³/mol. The van der Waals surface area contributed by atoms with Crippen LogP contribution in [0.4, 0.5) is 0 Å². The van der Waals surface area contributed by atoms with Crippen LogP contribution in [0.15, 0.2) is 0 Å². The van der Waals surface area contributed by atoms with Crippen LogP contribution in [0.5, 0.6) is 0 Å². The quantitative estimate of drug-likeness (QED) is 0.252. The van der Waals surface area contributed by atoms with Gasteiger partial charge in [-0.15, -0.1) is 0 Å². The molecule has 21 heavy (non-hydrogen) atoms. The molecule has 0 aliphatic heterocycles. The van der Waals surface area contributed by atoms with Crippen molar-refractivity contribution in [2.45, 2.75) is 38.9 Å². The third kappa shape index (κ3) is 7.96. The molecule has 8 heteroatoms. The fourth-order valence-corrected chi connectivity index (χ4v) is 1.38. The second-order valence-electron chi connectivity index (χ2n) is 5.58. The molecule has 0 saturated carbocycles. The fraction of sp³-hybridized carbons (Fsp3) is 0.846. The van der Waals surface area contributed by atoms with Crippen molar-refractivity contribution in [2.75, 3.05) is 26.3 Å². The van der Waals surface area contributed by atoms with Crippen LogP contribution in [-0.4, -0.2) is 70.8 Å². The minimum Gasteiger partial charge on any atom is -0.396 e. The predicted octanol–water partition coefficient (Wildman–Crippen LogP) is -2.27. The van der Waals surface area contributed by atoms with Gasteiger partial charge in [0.25, 0.3) is 0 Å². The van der Waals surface area contributed by atoms with E-state index in [1.165, 1.54) is 0 Å². The zero-order chi connectivity index (χ0) is 16.5. The molecule has 0 aliphatic carbocycles. The summed E-state index contributed by atoms with van der Waals surface area (Å²) in [6.45, 7) is 2.58. The highest BCUT2D eigenvalue weighted by atomic mass is 16.3. The Morgan fingerprint density at radius 2 is 1.76 bits per heavy atom. The molecule has 0 saturated heterocycles. The number of hydrogen-bond acceptors (Lipinski definition) is 6. The first-order valence-electron chi connectivity index (χ1n) is 6.87. The van der Waals surface area contributed by atoms with Gasteiger partial charge < -0.3 is 31.1 Å². The summed E-state index contributed by atoms with van der Waals surface area (Å²) < 4.78 is 0. The summed E-state index contributed by atoms with van der Waals surface area (Å²) in [5, 5.41) is 41.3. The van der Waals surface area contributed by atoms with Gasteiger partial charge in [0, 0.05) is 24.9 Å². The normalized spacial score (nSPS) is 14.4. The lowest BCUT2D eigenvalue weighted by Gasteiger charge is -2.27. The number of hydrogen-bond donors (Lipinski definition) is 6. The Balaban J connectivity index is 3.85. The largest absolute Gasteiger partial charge is 0.396 e. The molecular formula is C13H26N2O6. The molecule has 2 atom stereocenters. The molecule has 0 fully saturated rings. The molecule has 1 unspecified atom stereocenters. The van der Waals surface area contributed by atoms with Crippen molar-refractivity contribution in [3.63, 3.8) is 0 Å². The van der Waals surface area contributed by atoms with Crippen molar-refractivity contribution in [2.24, 2.45) is 5.41 Å². The monoisotopic (exact) mass is 306 g/mol. The van der Waals surface area contributed by atoms with Gasteiger partial charge in [-0.1, -0.05) is 13.8 Å². The van der Waals surface area contributed by atoms with E-state index < -0.39 is 30.1 Å². The first-order valence-corrected chi connectivity index (χ1v) is 6.87. The van der Waals surface area contributed by atoms with E-state index in [4.69, 9.17) is 15.3 Å². The van der Waals surface area contributed by atoms with Crippen LogP contribution in [0.2, 0.25) is 0 Å². The van der Waals surface area contributed by atoms with Crippen LogP contribution < -0.4 is 10.6 Å². The summed E-state index contributed by atoms with van der Waals surface area (Å²) in [4.78, 5) is 23.0. The number of aliphatic hydroxyl groups excluding tert-OH is 4. The Hall–Kier alpha value is -1.22. The number of amides is 2. The summed E-state index contributed by atoms with van der Waals surface area (Å²) in [6, 6.07) is 0. The first kappa shape index (κ1) is 19.8. The lowest BCUT2D eigenvalue weighted by molar-refractivity contribution is -0.137. The molecular weight excluding hydrogens is 280 g/mol. The number of carbonyl (C=O) groups excluding carboxylic acids is 2. The van der Waals surface area contributed by atoms with Gasteiger partial charge in [0.05, 0.1) is 19.3 Å². The number of nitrogens with one attached hydrogen (secondary N) is 2. The van der Waals surface area contributed by atoms with Crippen LogP contribution in [0.1, 0.15) is 26.7 Å². The maximum atomic E-state index is 11.6. The van der Waals surface area contributed by atoms with Gasteiger partial charge in [0.2, 0.25) is 11.8 Å². The maximum absolute atomic E-state index is 11.6. The highest BCUT2D eigenvalue weighted by Gasteiger charge is 2.32. The zero-order valence-corrected chi connectivity index (χ0v) is 12.5. The van der Waals surface area contributed by atoms with Crippen LogP contribution >= 0.6 is 0 Å². The van der Waals surface area contributed by atoms with Crippen molar-refractivity contribution >= 4 is 11.8 Å². The topological polar surface area (TPSA) is 139 Å². The van der Waals surface area contributed by atoms with Crippen LogP contribution in [0.25, 0.3) is 0 Å². The molecule has 2 amide bonds. The van der Waals surface area contributed by atoms with Crippen molar-refractivity contribution < 1.29 is 30.0 Å². The standard InChI is InChI=1S/C13H26N2O6/c1-13(2,8-17)11(20)12(21)14-5-3-4-10(19)15-6-9(18)7-16/h9,11,16-18,20H,3-8H2,1-2H3,(H,14,21)(H,15,19)/t9?,11-/m0/s1. The Bertz CT molecular complexity index is 335. The maximum Gasteiger partial charge on any atom is 0.249 e. The number of aliphatic hydroxyl groups is 4. The summed E-state index contributed by atoms with van der Waals surface area (Å²) >= 11 is 0. The Labute approximate surface area is 124 Å². The Morgan fingerprint density at radius 1 is 1.14 bits per heavy atom. The van der Waals surface area contributed by atoms with Gasteiger partial charge in [0.15, 0.2) is 0 Å². The fourth-order valence-electron chi connectivity index (χ4n) is 1.38. The van der Waals surface area contributed by atoms with E-state index in [9.17, 15) is 14.7 Å². The third-order valence-electron chi connectivity index (χ3n) is 3.02. The van der Waals surface area contributed by atoms with E-state index in [0.29, 0.717) is 6.42 Å². The molecule has 0 bridgehead atoms. The minimum atomic E-state index is -1.32. The van der Waals surface area contributed by atoms with Crippen LogP contribution in [-0.2, 0) is 9.59 Å². The van der Waals surface area contributed by atoms with Crippen molar-refractivity contribution in [1.29, 1.82) is 0 Å². The average molecular weight is 306 g/mol. The number of carbonyl (C=O) groups is 2. The van der Waals surface area contributed by atoms with Gasteiger partial charge in [0.1, 0.15) is 6.10 Å². The van der Waals surface area contributed by atoms with Crippen molar-refractivity contribution in [1.82, 2.24) is 10.6 Å². The van der Waals surface area contributed by atoms with Gasteiger partial charge in [-0.05, 0) is 6.42 Å². The van der Waals surface area contributed by atoms with Gasteiger partial charge in [-0.3, -0.25) is 9.59 Å². The molecule has 0 aromatic carbocycles. The molecule has 0 radical (unpaired) electrons. The molecule has 0 aromatic rings. The third-order valence-corrected chi connectivity index (χ3v) is 3.02. The van der Waals surface area contributed by atoms with E-state index in [-0.39, 0.29) is 32.0 Å². The lowest BCUT2D eigenvalue weighted by Crippen LogP contribution is -2.45. The molecule has 124 valence electrons. The molecule has 8 nitrogen and oxygen atoms in total. The van der Waals surface area contributed by atoms with Gasteiger partial charge in [-0.2, -0.15) is 0 Å². The SMILES string of the molecule is CC(C)(CO)[C@@H](O)C(=O)NCCCC(=O)NCC(O)CO. The van der Waals surface area contributed by atoms with Crippen molar-refractivity contribution in [3.8, 4) is 0 Å². The molecule has 0 spiro atoms. The van der Waals surface area contributed by atoms with Gasteiger partial charge >= 0.3 is 0 Å². The van der Waals surface area contributed by atoms with Crippen LogP contribution in [0, 0.1) is 5.41 Å². The summed E-state index contributed by atoms with van der Waals surface area (Å²) in [5.74, 6) is -0.891. The highest BCUT2D eigenvalue weighted by Crippen LogP contribution is 2.19. The summed E-state index contributed by atoms with van der Waals surface area (Å²) in [6.07, 6.45) is -1.78. The highest BCUT2D eigenvalue weighted by molar-refractivity contribution is 5.81. The molecule has 0 heterocycles.